The third-order valence-electron chi connectivity index (χ3n) is 3.82. The summed E-state index contributed by atoms with van der Waals surface area (Å²) in [6.07, 6.45) is 4.05. The van der Waals surface area contributed by atoms with Gasteiger partial charge in [-0.1, -0.05) is 19.3 Å². The standard InChI is InChI=1S/C14H18O4/c1-18-12-6-5-10(15)9-11(12)14(13(16)17)7-3-2-4-8-14/h5-6,9,15H,2-4,7-8H2,1H3,(H,16,17). The van der Waals surface area contributed by atoms with Gasteiger partial charge in [0.25, 0.3) is 0 Å². The highest BCUT2D eigenvalue weighted by molar-refractivity contribution is 5.83. The quantitative estimate of drug-likeness (QED) is 0.865. The number of carbonyl (C=O) groups is 1. The van der Waals surface area contributed by atoms with E-state index in [1.54, 1.807) is 6.07 Å². The van der Waals surface area contributed by atoms with Crippen LogP contribution in [-0.4, -0.2) is 23.3 Å². The Morgan fingerprint density at radius 3 is 2.50 bits per heavy atom. The Hall–Kier alpha value is -1.71. The second-order valence-corrected chi connectivity index (χ2v) is 4.83. The van der Waals surface area contributed by atoms with Gasteiger partial charge in [-0.2, -0.15) is 0 Å². The van der Waals surface area contributed by atoms with Gasteiger partial charge in [0.1, 0.15) is 11.5 Å². The summed E-state index contributed by atoms with van der Waals surface area (Å²) in [6.45, 7) is 0. The number of ether oxygens (including phenoxy) is 1. The van der Waals surface area contributed by atoms with Crippen LogP contribution in [0.2, 0.25) is 0 Å². The number of phenolic OH excluding ortho intramolecular Hbond substituents is 1. The van der Waals surface area contributed by atoms with Crippen molar-refractivity contribution in [3.05, 3.63) is 23.8 Å². The fraction of sp³-hybridized carbons (Fsp3) is 0.500. The van der Waals surface area contributed by atoms with Crippen LogP contribution in [0.15, 0.2) is 18.2 Å². The number of carboxylic acids is 1. The van der Waals surface area contributed by atoms with Crippen LogP contribution in [0.5, 0.6) is 11.5 Å². The molecule has 1 aliphatic carbocycles. The van der Waals surface area contributed by atoms with Crippen LogP contribution in [0.4, 0.5) is 0 Å². The Morgan fingerprint density at radius 2 is 1.94 bits per heavy atom. The molecule has 1 aliphatic rings. The molecule has 0 atom stereocenters. The van der Waals surface area contributed by atoms with Crippen LogP contribution < -0.4 is 4.74 Å². The third-order valence-corrected chi connectivity index (χ3v) is 3.82. The number of hydrogen-bond acceptors (Lipinski definition) is 3. The molecule has 0 heterocycles. The van der Waals surface area contributed by atoms with E-state index in [1.165, 1.54) is 19.2 Å². The molecule has 2 N–H and O–H groups in total. The fourth-order valence-electron chi connectivity index (χ4n) is 2.82. The van der Waals surface area contributed by atoms with E-state index in [9.17, 15) is 15.0 Å². The highest BCUT2D eigenvalue weighted by Crippen LogP contribution is 2.44. The van der Waals surface area contributed by atoms with Gasteiger partial charge in [-0.05, 0) is 31.0 Å². The zero-order chi connectivity index (χ0) is 13.2. The number of aliphatic carboxylic acids is 1. The number of methoxy groups -OCH3 is 1. The Bertz CT molecular complexity index is 447. The molecule has 1 aromatic rings. The molecule has 4 nitrogen and oxygen atoms in total. The van der Waals surface area contributed by atoms with Crippen molar-refractivity contribution in [1.29, 1.82) is 0 Å². The summed E-state index contributed by atoms with van der Waals surface area (Å²) in [7, 11) is 1.52. The summed E-state index contributed by atoms with van der Waals surface area (Å²) >= 11 is 0. The van der Waals surface area contributed by atoms with E-state index in [1.807, 2.05) is 0 Å². The van der Waals surface area contributed by atoms with E-state index < -0.39 is 11.4 Å². The van der Waals surface area contributed by atoms with E-state index in [-0.39, 0.29) is 5.75 Å². The topological polar surface area (TPSA) is 66.8 Å². The highest BCUT2D eigenvalue weighted by atomic mass is 16.5. The van der Waals surface area contributed by atoms with Crippen molar-refractivity contribution in [3.63, 3.8) is 0 Å². The molecule has 0 radical (unpaired) electrons. The van der Waals surface area contributed by atoms with Gasteiger partial charge in [0, 0.05) is 5.56 Å². The molecule has 0 saturated heterocycles. The summed E-state index contributed by atoms with van der Waals surface area (Å²) in [4.78, 5) is 11.7. The van der Waals surface area contributed by atoms with Crippen LogP contribution >= 0.6 is 0 Å². The number of aromatic hydroxyl groups is 1. The number of hydrogen-bond donors (Lipinski definition) is 2. The first-order valence-electron chi connectivity index (χ1n) is 6.21. The highest BCUT2D eigenvalue weighted by Gasteiger charge is 2.43. The lowest BCUT2D eigenvalue weighted by molar-refractivity contribution is -0.145. The predicted octanol–water partition coefficient (Wildman–Crippen LogP) is 2.69. The van der Waals surface area contributed by atoms with Crippen molar-refractivity contribution in [1.82, 2.24) is 0 Å². The van der Waals surface area contributed by atoms with Crippen LogP contribution in [0.1, 0.15) is 37.7 Å². The molecule has 18 heavy (non-hydrogen) atoms. The number of rotatable bonds is 3. The van der Waals surface area contributed by atoms with Crippen molar-refractivity contribution < 1.29 is 19.7 Å². The summed E-state index contributed by atoms with van der Waals surface area (Å²) < 4.78 is 5.25. The Morgan fingerprint density at radius 1 is 1.28 bits per heavy atom. The van der Waals surface area contributed by atoms with Gasteiger partial charge in [-0.15, -0.1) is 0 Å². The maximum Gasteiger partial charge on any atom is 0.314 e. The van der Waals surface area contributed by atoms with Crippen molar-refractivity contribution in [2.24, 2.45) is 0 Å². The predicted molar refractivity (Wildman–Crippen MR) is 67.1 cm³/mol. The van der Waals surface area contributed by atoms with Crippen LogP contribution in [-0.2, 0) is 10.2 Å². The Balaban J connectivity index is 2.54. The van der Waals surface area contributed by atoms with E-state index in [4.69, 9.17) is 4.74 Å². The minimum absolute atomic E-state index is 0.0806. The van der Waals surface area contributed by atoms with Crippen molar-refractivity contribution >= 4 is 5.97 Å². The largest absolute Gasteiger partial charge is 0.508 e. The number of carboxylic acid groups (broad SMARTS) is 1. The lowest BCUT2D eigenvalue weighted by Crippen LogP contribution is -2.38. The van der Waals surface area contributed by atoms with Crippen molar-refractivity contribution in [2.45, 2.75) is 37.5 Å². The molecule has 4 heteroatoms. The smallest absolute Gasteiger partial charge is 0.314 e. The first kappa shape index (κ1) is 12.7. The molecule has 0 aliphatic heterocycles. The van der Waals surface area contributed by atoms with Gasteiger partial charge in [0.2, 0.25) is 0 Å². The molecule has 0 bridgehead atoms. The van der Waals surface area contributed by atoms with Gasteiger partial charge in [-0.3, -0.25) is 4.79 Å². The zero-order valence-electron chi connectivity index (χ0n) is 10.5. The third kappa shape index (κ3) is 2.03. The first-order chi connectivity index (χ1) is 8.60. The van der Waals surface area contributed by atoms with Gasteiger partial charge in [0.15, 0.2) is 0 Å². The fourth-order valence-corrected chi connectivity index (χ4v) is 2.82. The normalized spacial score (nSPS) is 18.3. The monoisotopic (exact) mass is 250 g/mol. The molecule has 0 spiro atoms. The molecule has 2 rings (SSSR count). The molecular weight excluding hydrogens is 232 g/mol. The molecule has 0 unspecified atom stereocenters. The van der Waals surface area contributed by atoms with E-state index in [0.717, 1.165) is 19.3 Å². The average molecular weight is 250 g/mol. The molecular formula is C14H18O4. The minimum Gasteiger partial charge on any atom is -0.508 e. The van der Waals surface area contributed by atoms with E-state index in [0.29, 0.717) is 24.2 Å². The number of phenols is 1. The van der Waals surface area contributed by atoms with Crippen LogP contribution in [0, 0.1) is 0 Å². The zero-order valence-corrected chi connectivity index (χ0v) is 10.5. The second kappa shape index (κ2) is 4.88. The second-order valence-electron chi connectivity index (χ2n) is 4.83. The molecule has 1 aromatic carbocycles. The Labute approximate surface area is 106 Å². The van der Waals surface area contributed by atoms with Crippen molar-refractivity contribution in [2.75, 3.05) is 7.11 Å². The van der Waals surface area contributed by atoms with Gasteiger partial charge < -0.3 is 14.9 Å². The van der Waals surface area contributed by atoms with E-state index >= 15 is 0 Å². The number of benzene rings is 1. The SMILES string of the molecule is COc1ccc(O)cc1C1(C(=O)O)CCCCC1. The molecule has 98 valence electrons. The molecule has 0 aromatic heterocycles. The lowest BCUT2D eigenvalue weighted by Gasteiger charge is -2.34. The van der Waals surface area contributed by atoms with Gasteiger partial charge >= 0.3 is 5.97 Å². The van der Waals surface area contributed by atoms with Crippen LogP contribution in [0.25, 0.3) is 0 Å². The maximum atomic E-state index is 11.7. The Kier molecular flexibility index (Phi) is 3.45. The van der Waals surface area contributed by atoms with Gasteiger partial charge in [0.05, 0.1) is 12.5 Å². The summed E-state index contributed by atoms with van der Waals surface area (Å²) in [6, 6.07) is 4.67. The average Bonchev–Trinajstić information content (AvgIpc) is 2.39. The van der Waals surface area contributed by atoms with Gasteiger partial charge in [-0.25, -0.2) is 0 Å². The summed E-state index contributed by atoms with van der Waals surface area (Å²) in [5, 5.41) is 19.2. The summed E-state index contributed by atoms with van der Waals surface area (Å²) in [5.41, 5.74) is -0.320. The van der Waals surface area contributed by atoms with Crippen LogP contribution in [0.3, 0.4) is 0 Å². The van der Waals surface area contributed by atoms with Crippen molar-refractivity contribution in [3.8, 4) is 11.5 Å². The molecule has 0 amide bonds. The van der Waals surface area contributed by atoms with E-state index in [2.05, 4.69) is 0 Å². The first-order valence-corrected chi connectivity index (χ1v) is 6.21. The maximum absolute atomic E-state index is 11.7. The lowest BCUT2D eigenvalue weighted by atomic mass is 9.69. The molecule has 1 saturated carbocycles. The minimum atomic E-state index is -0.914. The summed E-state index contributed by atoms with van der Waals surface area (Å²) in [5.74, 6) is -0.208. The molecule has 1 fully saturated rings.